The summed E-state index contributed by atoms with van der Waals surface area (Å²) in [5.74, 6) is 1.62. The Kier molecular flexibility index (Phi) is 12.1. The summed E-state index contributed by atoms with van der Waals surface area (Å²) in [4.78, 5) is 0. The molecule has 0 amide bonds. The maximum absolute atomic E-state index is 2.32. The van der Waals surface area contributed by atoms with Crippen LogP contribution < -0.4 is 0 Å². The summed E-state index contributed by atoms with van der Waals surface area (Å²) in [6.45, 7) is 12.1. The maximum Gasteiger partial charge on any atom is 0.0160 e. The zero-order valence-electron chi connectivity index (χ0n) is 12.2. The SMILES string of the molecule is CC.CCCC(CN(C)N(C)C)C(C)C. The average molecular weight is 216 g/mol. The van der Waals surface area contributed by atoms with Gasteiger partial charge in [0.1, 0.15) is 0 Å². The summed E-state index contributed by atoms with van der Waals surface area (Å²) in [6, 6.07) is 0. The molecular weight excluding hydrogens is 184 g/mol. The smallest absolute Gasteiger partial charge is 0.0160 e. The van der Waals surface area contributed by atoms with Crippen LogP contribution in [0.4, 0.5) is 0 Å². The minimum Gasteiger partial charge on any atom is -0.248 e. The lowest BCUT2D eigenvalue weighted by Gasteiger charge is -2.30. The van der Waals surface area contributed by atoms with Crippen LogP contribution in [0.15, 0.2) is 0 Å². The van der Waals surface area contributed by atoms with Crippen molar-refractivity contribution in [3.8, 4) is 0 Å². The second-order valence-corrected chi connectivity index (χ2v) is 4.48. The van der Waals surface area contributed by atoms with E-state index in [4.69, 9.17) is 0 Å². The average Bonchev–Trinajstić information content (AvgIpc) is 2.19. The second kappa shape index (κ2) is 10.4. The summed E-state index contributed by atoms with van der Waals surface area (Å²) in [5.41, 5.74) is 0. The Hall–Kier alpha value is -0.0800. The molecule has 0 bridgehead atoms. The van der Waals surface area contributed by atoms with E-state index in [2.05, 4.69) is 51.9 Å². The van der Waals surface area contributed by atoms with Crippen molar-refractivity contribution in [2.24, 2.45) is 11.8 Å². The van der Waals surface area contributed by atoms with Crippen molar-refractivity contribution in [3.05, 3.63) is 0 Å². The van der Waals surface area contributed by atoms with E-state index in [9.17, 15) is 0 Å². The van der Waals surface area contributed by atoms with Crippen molar-refractivity contribution in [1.29, 1.82) is 0 Å². The molecule has 0 aliphatic rings. The van der Waals surface area contributed by atoms with Crippen molar-refractivity contribution in [2.75, 3.05) is 27.7 Å². The molecule has 0 fully saturated rings. The van der Waals surface area contributed by atoms with E-state index in [0.717, 1.165) is 11.8 Å². The maximum atomic E-state index is 2.32. The zero-order chi connectivity index (χ0) is 12.4. The molecule has 0 N–H and O–H groups in total. The van der Waals surface area contributed by atoms with Gasteiger partial charge in [-0.15, -0.1) is 0 Å². The third-order valence-corrected chi connectivity index (χ3v) is 2.78. The molecule has 0 aliphatic carbocycles. The molecule has 0 spiro atoms. The van der Waals surface area contributed by atoms with E-state index in [0.29, 0.717) is 0 Å². The van der Waals surface area contributed by atoms with Gasteiger partial charge in [0, 0.05) is 27.7 Å². The predicted octanol–water partition coefficient (Wildman–Crippen LogP) is 3.49. The van der Waals surface area contributed by atoms with Crippen LogP contribution in [0.1, 0.15) is 47.5 Å². The second-order valence-electron chi connectivity index (χ2n) is 4.48. The lowest BCUT2D eigenvalue weighted by atomic mass is 9.91. The fourth-order valence-corrected chi connectivity index (χ4v) is 1.51. The summed E-state index contributed by atoms with van der Waals surface area (Å²) >= 11 is 0. The Balaban J connectivity index is 0. The molecule has 0 aromatic heterocycles. The van der Waals surface area contributed by atoms with Crippen molar-refractivity contribution in [1.82, 2.24) is 10.0 Å². The third-order valence-electron chi connectivity index (χ3n) is 2.78. The highest BCUT2D eigenvalue weighted by molar-refractivity contribution is 4.65. The van der Waals surface area contributed by atoms with Crippen LogP contribution in [-0.2, 0) is 0 Å². The van der Waals surface area contributed by atoms with Gasteiger partial charge in [-0.1, -0.05) is 41.0 Å². The number of rotatable bonds is 6. The number of hydrogen-bond donors (Lipinski definition) is 0. The summed E-state index contributed by atoms with van der Waals surface area (Å²) in [7, 11) is 6.36. The molecular formula is C13H32N2. The molecule has 0 saturated carbocycles. The van der Waals surface area contributed by atoms with Gasteiger partial charge in [-0.2, -0.15) is 0 Å². The molecule has 0 heterocycles. The van der Waals surface area contributed by atoms with Crippen molar-refractivity contribution in [2.45, 2.75) is 47.5 Å². The summed E-state index contributed by atoms with van der Waals surface area (Å²) in [6.07, 6.45) is 2.64. The first-order valence-corrected chi connectivity index (χ1v) is 6.37. The molecule has 94 valence electrons. The number of hydrogen-bond acceptors (Lipinski definition) is 2. The van der Waals surface area contributed by atoms with E-state index < -0.39 is 0 Å². The number of nitrogens with zero attached hydrogens (tertiary/aromatic N) is 2. The first-order chi connectivity index (χ1) is 6.99. The molecule has 1 unspecified atom stereocenters. The van der Waals surface area contributed by atoms with E-state index in [-0.39, 0.29) is 0 Å². The predicted molar refractivity (Wildman–Crippen MR) is 70.9 cm³/mol. The van der Waals surface area contributed by atoms with Crippen LogP contribution in [-0.4, -0.2) is 37.7 Å². The summed E-state index contributed by atoms with van der Waals surface area (Å²) in [5, 5.41) is 4.45. The van der Waals surface area contributed by atoms with Gasteiger partial charge < -0.3 is 0 Å². The van der Waals surface area contributed by atoms with E-state index in [1.165, 1.54) is 19.4 Å². The molecule has 0 saturated heterocycles. The van der Waals surface area contributed by atoms with Crippen LogP contribution in [0.5, 0.6) is 0 Å². The minimum absolute atomic E-state index is 0.794. The third kappa shape index (κ3) is 8.88. The highest BCUT2D eigenvalue weighted by atomic mass is 15.6. The van der Waals surface area contributed by atoms with Gasteiger partial charge in [0.25, 0.3) is 0 Å². The lowest BCUT2D eigenvalue weighted by Crippen LogP contribution is -2.38. The molecule has 0 rings (SSSR count). The van der Waals surface area contributed by atoms with Crippen molar-refractivity contribution >= 4 is 0 Å². The fraction of sp³-hybridized carbons (Fsp3) is 1.00. The van der Waals surface area contributed by atoms with Gasteiger partial charge in [-0.3, -0.25) is 0 Å². The normalized spacial score (nSPS) is 13.0. The van der Waals surface area contributed by atoms with E-state index in [1.807, 2.05) is 13.8 Å². The first-order valence-electron chi connectivity index (χ1n) is 6.37. The molecule has 0 aliphatic heterocycles. The molecule has 0 aromatic rings. The highest BCUT2D eigenvalue weighted by Crippen LogP contribution is 2.18. The van der Waals surface area contributed by atoms with Gasteiger partial charge in [0.15, 0.2) is 0 Å². The lowest BCUT2D eigenvalue weighted by molar-refractivity contribution is 0.0293. The van der Waals surface area contributed by atoms with Crippen molar-refractivity contribution in [3.63, 3.8) is 0 Å². The van der Waals surface area contributed by atoms with Crippen LogP contribution in [0, 0.1) is 11.8 Å². The topological polar surface area (TPSA) is 6.48 Å². The molecule has 0 aromatic carbocycles. The monoisotopic (exact) mass is 216 g/mol. The first kappa shape index (κ1) is 17.3. The Morgan fingerprint density at radius 1 is 1.00 bits per heavy atom. The molecule has 0 radical (unpaired) electrons. The largest absolute Gasteiger partial charge is 0.248 e. The van der Waals surface area contributed by atoms with Gasteiger partial charge in [-0.05, 0) is 18.3 Å². The Morgan fingerprint density at radius 2 is 1.47 bits per heavy atom. The van der Waals surface area contributed by atoms with Crippen LogP contribution in [0.2, 0.25) is 0 Å². The Bertz CT molecular complexity index is 122. The quantitative estimate of drug-likeness (QED) is 0.627. The highest BCUT2D eigenvalue weighted by Gasteiger charge is 2.15. The molecule has 2 nitrogen and oxygen atoms in total. The standard InChI is InChI=1S/C11H26N2.C2H6/c1-7-8-11(10(2)3)9-13(6)12(4)5;1-2/h10-11H,7-9H2,1-6H3;1-2H3. The van der Waals surface area contributed by atoms with Crippen LogP contribution in [0.3, 0.4) is 0 Å². The Labute approximate surface area is 97.6 Å². The van der Waals surface area contributed by atoms with E-state index >= 15 is 0 Å². The Morgan fingerprint density at radius 3 is 1.73 bits per heavy atom. The van der Waals surface area contributed by atoms with Gasteiger partial charge >= 0.3 is 0 Å². The minimum atomic E-state index is 0.794. The van der Waals surface area contributed by atoms with Crippen molar-refractivity contribution < 1.29 is 0 Å². The molecule has 15 heavy (non-hydrogen) atoms. The van der Waals surface area contributed by atoms with Gasteiger partial charge in [-0.25, -0.2) is 10.0 Å². The summed E-state index contributed by atoms with van der Waals surface area (Å²) < 4.78 is 0. The molecule has 1 atom stereocenters. The van der Waals surface area contributed by atoms with Crippen LogP contribution >= 0.6 is 0 Å². The van der Waals surface area contributed by atoms with Crippen LogP contribution in [0.25, 0.3) is 0 Å². The van der Waals surface area contributed by atoms with Gasteiger partial charge in [0.2, 0.25) is 0 Å². The molecule has 2 heteroatoms. The number of hydrazine groups is 1. The van der Waals surface area contributed by atoms with E-state index in [1.54, 1.807) is 0 Å². The van der Waals surface area contributed by atoms with Gasteiger partial charge in [0.05, 0.1) is 0 Å². The zero-order valence-corrected chi connectivity index (χ0v) is 12.2. The fourth-order valence-electron chi connectivity index (χ4n) is 1.51.